The summed E-state index contributed by atoms with van der Waals surface area (Å²) in [7, 11) is 1.67. The van der Waals surface area contributed by atoms with Gasteiger partial charge in [0.1, 0.15) is 11.5 Å². The number of nitrogens with zero attached hydrogens (tertiary/aromatic N) is 3. The molecule has 7 nitrogen and oxygen atoms in total. The number of carbonyl (C=O) groups is 1. The van der Waals surface area contributed by atoms with E-state index in [0.717, 1.165) is 16.5 Å². The lowest BCUT2D eigenvalue weighted by atomic mass is 10.1. The molecule has 8 heteroatoms. The highest BCUT2D eigenvalue weighted by molar-refractivity contribution is 5.97. The maximum Gasteiger partial charge on any atom is 0.326 e. The number of halogens is 1. The van der Waals surface area contributed by atoms with E-state index in [4.69, 9.17) is 0 Å². The second-order valence-electron chi connectivity index (χ2n) is 7.30. The fourth-order valence-corrected chi connectivity index (χ4v) is 3.67. The molecule has 0 fully saturated rings. The summed E-state index contributed by atoms with van der Waals surface area (Å²) in [6, 6.07) is 15.4. The van der Waals surface area contributed by atoms with Crippen molar-refractivity contribution in [3.05, 3.63) is 94.4 Å². The summed E-state index contributed by atoms with van der Waals surface area (Å²) >= 11 is 0. The zero-order valence-electron chi connectivity index (χ0n) is 16.6. The fourth-order valence-electron chi connectivity index (χ4n) is 3.67. The van der Waals surface area contributed by atoms with Gasteiger partial charge in [-0.05, 0) is 48.0 Å². The number of aromatic nitrogens is 4. The van der Waals surface area contributed by atoms with Crippen LogP contribution >= 0.6 is 0 Å². The van der Waals surface area contributed by atoms with E-state index >= 15 is 0 Å². The second-order valence-corrected chi connectivity index (χ2v) is 7.30. The van der Waals surface area contributed by atoms with Crippen molar-refractivity contribution in [2.45, 2.75) is 6.54 Å². The normalized spacial score (nSPS) is 11.3. The first kappa shape index (κ1) is 18.8. The molecule has 2 aromatic carbocycles. The molecule has 154 valence electrons. The first-order valence-electron chi connectivity index (χ1n) is 9.69. The summed E-state index contributed by atoms with van der Waals surface area (Å²) in [4.78, 5) is 31.5. The van der Waals surface area contributed by atoms with Crippen LogP contribution in [0.4, 0.5) is 4.39 Å². The lowest BCUT2D eigenvalue weighted by Crippen LogP contribution is -2.22. The highest BCUT2D eigenvalue weighted by Crippen LogP contribution is 2.21. The van der Waals surface area contributed by atoms with Gasteiger partial charge in [0.15, 0.2) is 0 Å². The van der Waals surface area contributed by atoms with Gasteiger partial charge in [-0.15, -0.1) is 0 Å². The quantitative estimate of drug-likeness (QED) is 0.473. The van der Waals surface area contributed by atoms with E-state index < -0.39 is 0 Å². The topological polar surface area (TPSA) is 84.7 Å². The Kier molecular flexibility index (Phi) is 4.39. The molecule has 0 atom stereocenters. The van der Waals surface area contributed by atoms with Crippen molar-refractivity contribution in [1.29, 1.82) is 0 Å². The van der Waals surface area contributed by atoms with Crippen LogP contribution in [0.25, 0.3) is 27.8 Å². The molecular weight excluding hydrogens is 397 g/mol. The molecule has 0 radical (unpaired) electrons. The molecule has 0 unspecified atom stereocenters. The Bertz CT molecular complexity index is 1510. The molecule has 0 bridgehead atoms. The van der Waals surface area contributed by atoms with Gasteiger partial charge < -0.3 is 10.3 Å². The van der Waals surface area contributed by atoms with Gasteiger partial charge in [-0.1, -0.05) is 12.1 Å². The van der Waals surface area contributed by atoms with Crippen molar-refractivity contribution >= 4 is 28.0 Å². The maximum absolute atomic E-state index is 14.1. The summed E-state index contributed by atoms with van der Waals surface area (Å²) in [6.45, 7) is 0.288. The van der Waals surface area contributed by atoms with Crippen molar-refractivity contribution in [3.8, 4) is 5.69 Å². The third-order valence-electron chi connectivity index (χ3n) is 5.31. The van der Waals surface area contributed by atoms with Crippen LogP contribution in [-0.4, -0.2) is 25.0 Å². The number of amides is 1. The van der Waals surface area contributed by atoms with Gasteiger partial charge in [0.2, 0.25) is 0 Å². The predicted octanol–water partition coefficient (Wildman–Crippen LogP) is 3.27. The Morgan fingerprint density at radius 2 is 2.00 bits per heavy atom. The Hall–Kier alpha value is -4.20. The minimum absolute atomic E-state index is 0.228. The lowest BCUT2D eigenvalue weighted by Gasteiger charge is -2.08. The third kappa shape index (κ3) is 3.28. The summed E-state index contributed by atoms with van der Waals surface area (Å²) in [5.74, 6) is -0.578. The van der Waals surface area contributed by atoms with Gasteiger partial charge in [0.05, 0.1) is 16.7 Å². The molecule has 2 N–H and O–H groups in total. The van der Waals surface area contributed by atoms with Crippen molar-refractivity contribution in [2.75, 3.05) is 0 Å². The number of aryl methyl sites for hydroxylation is 1. The minimum Gasteiger partial charge on any atom is -0.348 e. The molecule has 5 rings (SSSR count). The summed E-state index contributed by atoms with van der Waals surface area (Å²) in [5, 5.41) is 3.71. The Labute approximate surface area is 175 Å². The SMILES string of the molecule is Cn1c(=O)[nH]c2cc(C(=O)NCc3cnc4c(ccn4-c4ccccc4F)c3)ccc21. The summed E-state index contributed by atoms with van der Waals surface area (Å²) < 4.78 is 17.3. The van der Waals surface area contributed by atoms with Crippen molar-refractivity contribution < 1.29 is 9.18 Å². The monoisotopic (exact) mass is 415 g/mol. The van der Waals surface area contributed by atoms with Gasteiger partial charge in [-0.3, -0.25) is 13.9 Å². The van der Waals surface area contributed by atoms with E-state index in [9.17, 15) is 14.0 Å². The number of benzene rings is 2. The van der Waals surface area contributed by atoms with Crippen molar-refractivity contribution in [3.63, 3.8) is 0 Å². The molecule has 0 saturated heterocycles. The van der Waals surface area contributed by atoms with Crippen molar-refractivity contribution in [1.82, 2.24) is 24.4 Å². The van der Waals surface area contributed by atoms with Crippen LogP contribution in [0.2, 0.25) is 0 Å². The third-order valence-corrected chi connectivity index (χ3v) is 5.31. The average Bonchev–Trinajstić information content (AvgIpc) is 3.32. The number of para-hydroxylation sites is 1. The number of fused-ring (bicyclic) bond motifs is 2. The van der Waals surface area contributed by atoms with Gasteiger partial charge in [0.25, 0.3) is 5.91 Å². The van der Waals surface area contributed by atoms with Crippen LogP contribution in [0, 0.1) is 5.82 Å². The molecule has 5 aromatic rings. The van der Waals surface area contributed by atoms with Crippen LogP contribution in [0.1, 0.15) is 15.9 Å². The Balaban J connectivity index is 1.36. The lowest BCUT2D eigenvalue weighted by molar-refractivity contribution is 0.0951. The summed E-state index contributed by atoms with van der Waals surface area (Å²) in [6.07, 6.45) is 3.44. The first-order valence-corrected chi connectivity index (χ1v) is 9.69. The number of rotatable bonds is 4. The van der Waals surface area contributed by atoms with Crippen LogP contribution in [-0.2, 0) is 13.6 Å². The van der Waals surface area contributed by atoms with Gasteiger partial charge in [-0.25, -0.2) is 14.2 Å². The van der Waals surface area contributed by atoms with E-state index in [1.54, 1.807) is 60.4 Å². The smallest absolute Gasteiger partial charge is 0.326 e. The van der Waals surface area contributed by atoms with E-state index in [-0.39, 0.29) is 24.0 Å². The maximum atomic E-state index is 14.1. The molecule has 31 heavy (non-hydrogen) atoms. The molecule has 0 saturated carbocycles. The Morgan fingerprint density at radius 3 is 2.84 bits per heavy atom. The molecule has 3 aromatic heterocycles. The highest BCUT2D eigenvalue weighted by Gasteiger charge is 2.11. The van der Waals surface area contributed by atoms with Crippen LogP contribution in [0.3, 0.4) is 0 Å². The molecule has 1 amide bonds. The zero-order chi connectivity index (χ0) is 21.5. The number of hydrogen-bond acceptors (Lipinski definition) is 3. The molecule has 3 heterocycles. The number of imidazole rings is 1. The van der Waals surface area contributed by atoms with Gasteiger partial charge >= 0.3 is 5.69 Å². The van der Waals surface area contributed by atoms with E-state index in [1.165, 1.54) is 10.6 Å². The van der Waals surface area contributed by atoms with Crippen molar-refractivity contribution in [2.24, 2.45) is 7.05 Å². The number of pyridine rings is 1. The van der Waals surface area contributed by atoms with Gasteiger partial charge in [0, 0.05) is 36.9 Å². The number of aromatic amines is 1. The average molecular weight is 415 g/mol. The van der Waals surface area contributed by atoms with Crippen LogP contribution in [0.5, 0.6) is 0 Å². The highest BCUT2D eigenvalue weighted by atomic mass is 19.1. The van der Waals surface area contributed by atoms with E-state index in [1.807, 2.05) is 12.1 Å². The molecule has 0 aliphatic rings. The molecule has 0 aliphatic heterocycles. The first-order chi connectivity index (χ1) is 15.0. The number of carbonyl (C=O) groups excluding carboxylic acids is 1. The zero-order valence-corrected chi connectivity index (χ0v) is 16.6. The molecule has 0 spiro atoms. The largest absolute Gasteiger partial charge is 0.348 e. The fraction of sp³-hybridized carbons (Fsp3) is 0.0870. The number of hydrogen-bond donors (Lipinski definition) is 2. The van der Waals surface area contributed by atoms with Crippen LogP contribution in [0.15, 0.2) is 71.8 Å². The standard InChI is InChI=1S/C23H18FN5O2/c1-28-20-7-6-16(11-18(20)27-23(28)31)22(30)26-13-14-10-15-8-9-29(21(15)25-12-14)19-5-3-2-4-17(19)24/h2-12H,13H2,1H3,(H,26,30)(H,27,31). The number of H-pyrrole nitrogens is 1. The van der Waals surface area contributed by atoms with Gasteiger partial charge in [-0.2, -0.15) is 0 Å². The second kappa shape index (κ2) is 7.24. The molecular formula is C23H18FN5O2. The predicted molar refractivity (Wildman–Crippen MR) is 116 cm³/mol. The molecule has 0 aliphatic carbocycles. The van der Waals surface area contributed by atoms with Crippen LogP contribution < -0.4 is 11.0 Å². The Morgan fingerprint density at radius 1 is 1.16 bits per heavy atom. The number of nitrogens with one attached hydrogen (secondary N) is 2. The van der Waals surface area contributed by atoms with E-state index in [2.05, 4.69) is 15.3 Å². The van der Waals surface area contributed by atoms with E-state index in [0.29, 0.717) is 22.4 Å². The minimum atomic E-state index is -0.324. The summed E-state index contributed by atoms with van der Waals surface area (Å²) in [5.41, 5.74) is 3.46.